The number of fused-ring (bicyclic) bond motifs is 2. The van der Waals surface area contributed by atoms with Gasteiger partial charge >= 0.3 is 0 Å². The molecule has 33 heavy (non-hydrogen) atoms. The van der Waals surface area contributed by atoms with Gasteiger partial charge in [0.05, 0.1) is 32.4 Å². The van der Waals surface area contributed by atoms with E-state index in [0.717, 1.165) is 25.1 Å². The lowest BCUT2D eigenvalue weighted by Crippen LogP contribution is -2.41. The lowest BCUT2D eigenvalue weighted by atomic mass is 9.95. The fraction of sp³-hybridized carbons (Fsp3) is 0.440. The number of rotatable bonds is 7. The van der Waals surface area contributed by atoms with Crippen LogP contribution < -0.4 is 11.1 Å². The molecule has 0 unspecified atom stereocenters. The van der Waals surface area contributed by atoms with Crippen LogP contribution in [-0.4, -0.2) is 47.5 Å². The Balaban J connectivity index is 1.77. The van der Waals surface area contributed by atoms with E-state index in [2.05, 4.69) is 71.3 Å². The fourth-order valence-electron chi connectivity index (χ4n) is 4.80. The summed E-state index contributed by atoms with van der Waals surface area (Å²) in [6.45, 7) is 10.7. The molecule has 0 radical (unpaired) electrons. The molecule has 0 fully saturated rings. The summed E-state index contributed by atoms with van der Waals surface area (Å²) in [5.74, 6) is 0.351. The summed E-state index contributed by atoms with van der Waals surface area (Å²) >= 11 is 0. The van der Waals surface area contributed by atoms with Crippen molar-refractivity contribution in [1.82, 2.24) is 10.0 Å². The van der Waals surface area contributed by atoms with Crippen LogP contribution in [0.5, 0.6) is 0 Å². The number of guanidine groups is 1. The summed E-state index contributed by atoms with van der Waals surface area (Å²) in [7, 11) is 0. The molecule has 2 aliphatic rings. The number of nitrogens with one attached hydrogen (secondary N) is 1. The highest BCUT2D eigenvalue weighted by Gasteiger charge is 2.29. The van der Waals surface area contributed by atoms with Gasteiger partial charge in [0.15, 0.2) is 0 Å². The van der Waals surface area contributed by atoms with Crippen LogP contribution in [0, 0.1) is 13.8 Å². The van der Waals surface area contributed by atoms with E-state index >= 15 is 0 Å². The predicted molar refractivity (Wildman–Crippen MR) is 132 cm³/mol. The van der Waals surface area contributed by atoms with Crippen molar-refractivity contribution in [2.45, 2.75) is 52.5 Å². The van der Waals surface area contributed by atoms with Crippen LogP contribution in [0.1, 0.15) is 52.3 Å². The molecule has 2 aromatic rings. The second-order valence-electron chi connectivity index (χ2n) is 8.83. The maximum Gasteiger partial charge on any atom is 0.216 e. The molecule has 8 heteroatoms. The molecule has 0 saturated carbocycles. The van der Waals surface area contributed by atoms with Crippen LogP contribution in [-0.2, 0) is 24.5 Å². The van der Waals surface area contributed by atoms with Crippen LogP contribution in [0.25, 0.3) is 0 Å². The topological polar surface area (TPSA) is 98.7 Å². The van der Waals surface area contributed by atoms with Gasteiger partial charge < -0.3 is 25.8 Å². The Morgan fingerprint density at radius 3 is 2.61 bits per heavy atom. The van der Waals surface area contributed by atoms with Gasteiger partial charge in [-0.2, -0.15) is 10.2 Å². The number of aliphatic hydroxyl groups is 1. The highest BCUT2D eigenvalue weighted by Crippen LogP contribution is 2.38. The van der Waals surface area contributed by atoms with E-state index in [9.17, 15) is 5.11 Å². The maximum absolute atomic E-state index is 9.35. The molecule has 0 spiro atoms. The summed E-state index contributed by atoms with van der Waals surface area (Å²) in [6.07, 6.45) is 1.94. The number of nitrogens with zero attached hydrogens (tertiary/aromatic N) is 4. The molecule has 8 nitrogen and oxygen atoms in total. The summed E-state index contributed by atoms with van der Waals surface area (Å²) < 4.78 is 5.69. The van der Waals surface area contributed by atoms with Crippen molar-refractivity contribution in [1.29, 1.82) is 0 Å². The van der Waals surface area contributed by atoms with Crippen molar-refractivity contribution in [3.8, 4) is 0 Å². The van der Waals surface area contributed by atoms with Crippen molar-refractivity contribution < 1.29 is 9.84 Å². The van der Waals surface area contributed by atoms with Crippen molar-refractivity contribution in [2.75, 3.05) is 25.0 Å². The van der Waals surface area contributed by atoms with Crippen LogP contribution in [0.3, 0.4) is 0 Å². The van der Waals surface area contributed by atoms with E-state index in [1.807, 2.05) is 0 Å². The average molecular weight is 451 g/mol. The second-order valence-corrected chi connectivity index (χ2v) is 8.83. The zero-order valence-electron chi connectivity index (χ0n) is 19.5. The molecule has 0 saturated heterocycles. The standard InChI is InChI=1S/C25H34N6O2/c1-17-9-18(2)11-19(10-17)14-30(25(26)29-31(27-3)7-8-32)24-5-4-6-28-23-13-21-16-33-15-20(21)12-22(23)24/h9-13,24,28,32H,3-8,14-16H2,1-2H3,(H2,26,29)/t24-/m0/s1. The van der Waals surface area contributed by atoms with E-state index in [0.29, 0.717) is 25.7 Å². The molecule has 0 bridgehead atoms. The molecule has 0 amide bonds. The zero-order chi connectivity index (χ0) is 23.4. The molecule has 4 rings (SSSR count). The Hall–Kier alpha value is -3.10. The Morgan fingerprint density at radius 1 is 1.18 bits per heavy atom. The minimum atomic E-state index is -0.0881. The summed E-state index contributed by atoms with van der Waals surface area (Å²) in [5.41, 5.74) is 15.0. The molecular formula is C25H34N6O2. The lowest BCUT2D eigenvalue weighted by molar-refractivity contribution is 0.134. The van der Waals surface area contributed by atoms with Gasteiger partial charge in [-0.05, 0) is 61.1 Å². The SMILES string of the molecule is C=NN(CCO)/N=C(\N)N(Cc1cc(C)cc(C)c1)[C@H]1CCCNc2cc3c(cc21)COC3. The van der Waals surface area contributed by atoms with Crippen molar-refractivity contribution in [3.63, 3.8) is 0 Å². The van der Waals surface area contributed by atoms with Gasteiger partial charge in [0, 0.05) is 25.5 Å². The molecule has 1 atom stereocenters. The highest BCUT2D eigenvalue weighted by atomic mass is 16.5. The number of hydrogen-bond acceptors (Lipinski definition) is 6. The van der Waals surface area contributed by atoms with Crippen LogP contribution in [0.2, 0.25) is 0 Å². The third-order valence-corrected chi connectivity index (χ3v) is 6.20. The summed E-state index contributed by atoms with van der Waals surface area (Å²) in [4.78, 5) is 2.15. The first-order chi connectivity index (χ1) is 16.0. The number of ether oxygens (including phenoxy) is 1. The van der Waals surface area contributed by atoms with E-state index in [4.69, 9.17) is 10.5 Å². The molecular weight excluding hydrogens is 416 g/mol. The molecule has 176 valence electrons. The monoisotopic (exact) mass is 450 g/mol. The third-order valence-electron chi connectivity index (χ3n) is 6.20. The Morgan fingerprint density at radius 2 is 1.91 bits per heavy atom. The molecule has 2 aliphatic heterocycles. The number of hydrazone groups is 2. The van der Waals surface area contributed by atoms with E-state index in [1.165, 1.54) is 38.5 Å². The molecule has 4 N–H and O–H groups in total. The van der Waals surface area contributed by atoms with Gasteiger partial charge in [-0.15, -0.1) is 5.10 Å². The van der Waals surface area contributed by atoms with Gasteiger partial charge in [-0.25, -0.2) is 0 Å². The number of hydrogen-bond donors (Lipinski definition) is 3. The lowest BCUT2D eigenvalue weighted by Gasteiger charge is -2.34. The highest BCUT2D eigenvalue weighted by molar-refractivity contribution is 5.79. The molecule has 0 aliphatic carbocycles. The van der Waals surface area contributed by atoms with Crippen LogP contribution >= 0.6 is 0 Å². The molecule has 0 aromatic heterocycles. The molecule has 2 heterocycles. The minimum Gasteiger partial charge on any atom is -0.394 e. The van der Waals surface area contributed by atoms with Gasteiger partial charge in [0.2, 0.25) is 5.96 Å². The number of nitrogens with two attached hydrogens (primary N) is 1. The third kappa shape index (κ3) is 5.29. The van der Waals surface area contributed by atoms with E-state index in [1.54, 1.807) is 0 Å². The van der Waals surface area contributed by atoms with Gasteiger partial charge in [0.25, 0.3) is 0 Å². The average Bonchev–Trinajstić information content (AvgIpc) is 3.14. The largest absolute Gasteiger partial charge is 0.394 e. The summed E-state index contributed by atoms with van der Waals surface area (Å²) in [5, 5.41) is 22.7. The first kappa shape index (κ1) is 23.1. The minimum absolute atomic E-state index is 0.0336. The first-order valence-corrected chi connectivity index (χ1v) is 11.5. The van der Waals surface area contributed by atoms with Crippen molar-refractivity contribution >= 4 is 18.4 Å². The maximum atomic E-state index is 9.35. The van der Waals surface area contributed by atoms with Crippen molar-refractivity contribution in [2.24, 2.45) is 15.9 Å². The smallest absolute Gasteiger partial charge is 0.216 e. The van der Waals surface area contributed by atoms with Crippen molar-refractivity contribution in [3.05, 3.63) is 63.7 Å². The predicted octanol–water partition coefficient (Wildman–Crippen LogP) is 3.22. The number of anilines is 1. The van der Waals surface area contributed by atoms with Gasteiger partial charge in [-0.1, -0.05) is 29.3 Å². The van der Waals surface area contributed by atoms with Gasteiger partial charge in [0.1, 0.15) is 0 Å². The quantitative estimate of drug-likeness (QED) is 0.340. The second kappa shape index (κ2) is 10.2. The Labute approximate surface area is 195 Å². The normalized spacial score (nSPS) is 17.5. The van der Waals surface area contributed by atoms with E-state index in [-0.39, 0.29) is 19.2 Å². The Bertz CT molecular complexity index is 1020. The zero-order valence-corrected chi connectivity index (χ0v) is 19.5. The Kier molecular flexibility index (Phi) is 7.15. The number of benzene rings is 2. The van der Waals surface area contributed by atoms with Crippen LogP contribution in [0.15, 0.2) is 40.5 Å². The van der Waals surface area contributed by atoms with Crippen LogP contribution in [0.4, 0.5) is 5.69 Å². The van der Waals surface area contributed by atoms with Gasteiger partial charge in [-0.3, -0.25) is 0 Å². The van der Waals surface area contributed by atoms with E-state index < -0.39 is 0 Å². The summed E-state index contributed by atoms with van der Waals surface area (Å²) in [6, 6.07) is 11.1. The number of aliphatic hydroxyl groups excluding tert-OH is 1. The fourth-order valence-corrected chi connectivity index (χ4v) is 4.80. The molecule has 2 aromatic carbocycles. The number of aryl methyl sites for hydroxylation is 2. The first-order valence-electron chi connectivity index (χ1n) is 11.5.